The van der Waals surface area contributed by atoms with Gasteiger partial charge in [0.25, 0.3) is 0 Å². The summed E-state index contributed by atoms with van der Waals surface area (Å²) in [6.45, 7) is 7.47. The lowest BCUT2D eigenvalue weighted by atomic mass is 9.90. The zero-order chi connectivity index (χ0) is 13.3. The van der Waals surface area contributed by atoms with E-state index in [1.807, 2.05) is 14.0 Å². The summed E-state index contributed by atoms with van der Waals surface area (Å²) in [4.78, 5) is 2.47. The monoisotopic (exact) mass is 270 g/mol. The van der Waals surface area contributed by atoms with Gasteiger partial charge in [0.15, 0.2) is 0 Å². The SMILES string of the molecule is CNC1(C)CCN(Cc2c(C)nn(C)c2Cl)CC1. The molecule has 0 amide bonds. The van der Waals surface area contributed by atoms with E-state index in [0.29, 0.717) is 5.54 Å². The van der Waals surface area contributed by atoms with Gasteiger partial charge in [-0.25, -0.2) is 0 Å². The zero-order valence-electron chi connectivity index (χ0n) is 11.8. The molecule has 18 heavy (non-hydrogen) atoms. The molecular formula is C13H23ClN4. The largest absolute Gasteiger partial charge is 0.314 e. The van der Waals surface area contributed by atoms with E-state index in [9.17, 15) is 0 Å². The predicted molar refractivity (Wildman–Crippen MR) is 74.9 cm³/mol. The van der Waals surface area contributed by atoms with Crippen molar-refractivity contribution in [2.75, 3.05) is 20.1 Å². The summed E-state index contributed by atoms with van der Waals surface area (Å²) in [5, 5.41) is 8.56. The number of nitrogens with one attached hydrogen (secondary N) is 1. The molecule has 1 aromatic rings. The van der Waals surface area contributed by atoms with E-state index >= 15 is 0 Å². The molecule has 1 fully saturated rings. The minimum Gasteiger partial charge on any atom is -0.314 e. The van der Waals surface area contributed by atoms with Crippen LogP contribution in [0, 0.1) is 6.92 Å². The summed E-state index contributed by atoms with van der Waals surface area (Å²) < 4.78 is 1.76. The molecule has 0 aliphatic carbocycles. The first-order valence-corrected chi connectivity index (χ1v) is 6.92. The van der Waals surface area contributed by atoms with Crippen molar-refractivity contribution in [3.05, 3.63) is 16.4 Å². The van der Waals surface area contributed by atoms with Gasteiger partial charge in [0.1, 0.15) is 5.15 Å². The number of aromatic nitrogens is 2. The first kappa shape index (κ1) is 13.8. The van der Waals surface area contributed by atoms with Gasteiger partial charge in [-0.3, -0.25) is 9.58 Å². The highest BCUT2D eigenvalue weighted by molar-refractivity contribution is 6.30. The number of halogens is 1. The molecule has 0 bridgehead atoms. The van der Waals surface area contributed by atoms with Crippen molar-refractivity contribution in [1.29, 1.82) is 0 Å². The normalized spacial score (nSPS) is 20.3. The fraction of sp³-hybridized carbons (Fsp3) is 0.769. The Hall–Kier alpha value is -0.580. The molecule has 1 N–H and O–H groups in total. The highest BCUT2D eigenvalue weighted by Gasteiger charge is 2.28. The number of hydrogen-bond donors (Lipinski definition) is 1. The lowest BCUT2D eigenvalue weighted by Crippen LogP contribution is -2.49. The molecule has 2 rings (SSSR count). The Morgan fingerprint density at radius 3 is 2.44 bits per heavy atom. The molecule has 5 heteroatoms. The van der Waals surface area contributed by atoms with E-state index in [0.717, 1.165) is 30.5 Å². The minimum atomic E-state index is 0.296. The third kappa shape index (κ3) is 2.71. The number of aryl methyl sites for hydroxylation is 2. The van der Waals surface area contributed by atoms with Gasteiger partial charge in [0.2, 0.25) is 0 Å². The summed E-state index contributed by atoms with van der Waals surface area (Å²) in [7, 11) is 3.95. The minimum absolute atomic E-state index is 0.296. The standard InChI is InChI=1S/C13H23ClN4/c1-10-11(12(14)17(4)16-10)9-18-7-5-13(2,15-3)6-8-18/h15H,5-9H2,1-4H3. The number of nitrogens with zero attached hydrogens (tertiary/aromatic N) is 3. The molecule has 1 aromatic heterocycles. The maximum Gasteiger partial charge on any atom is 0.131 e. The van der Waals surface area contributed by atoms with E-state index in [4.69, 9.17) is 11.6 Å². The fourth-order valence-electron chi connectivity index (χ4n) is 2.53. The van der Waals surface area contributed by atoms with Crippen molar-refractivity contribution in [3.63, 3.8) is 0 Å². The van der Waals surface area contributed by atoms with Gasteiger partial charge >= 0.3 is 0 Å². The highest BCUT2D eigenvalue weighted by atomic mass is 35.5. The summed E-state index contributed by atoms with van der Waals surface area (Å²) in [6.07, 6.45) is 2.36. The van der Waals surface area contributed by atoms with E-state index in [1.165, 1.54) is 18.4 Å². The second-order valence-electron chi connectivity index (χ2n) is 5.57. The molecule has 1 saturated heterocycles. The van der Waals surface area contributed by atoms with Crippen LogP contribution in [-0.4, -0.2) is 40.4 Å². The van der Waals surface area contributed by atoms with Gasteiger partial charge in [-0.1, -0.05) is 11.6 Å². The second-order valence-corrected chi connectivity index (χ2v) is 5.92. The second kappa shape index (κ2) is 5.19. The molecule has 102 valence electrons. The van der Waals surface area contributed by atoms with Crippen LogP contribution in [-0.2, 0) is 13.6 Å². The number of likely N-dealkylation sites (tertiary alicyclic amines) is 1. The van der Waals surface area contributed by atoms with E-state index in [1.54, 1.807) is 4.68 Å². The first-order valence-electron chi connectivity index (χ1n) is 6.54. The molecule has 0 radical (unpaired) electrons. The van der Waals surface area contributed by atoms with Crippen LogP contribution in [0.3, 0.4) is 0 Å². The number of hydrogen-bond acceptors (Lipinski definition) is 3. The Morgan fingerprint density at radius 2 is 2.00 bits per heavy atom. The number of piperidine rings is 1. The molecule has 1 aliphatic heterocycles. The Kier molecular flexibility index (Phi) is 3.99. The van der Waals surface area contributed by atoms with Crippen LogP contribution in [0.25, 0.3) is 0 Å². The quantitative estimate of drug-likeness (QED) is 0.912. The number of rotatable bonds is 3. The van der Waals surface area contributed by atoms with Gasteiger partial charge in [0, 0.05) is 37.8 Å². The molecule has 0 saturated carbocycles. The van der Waals surface area contributed by atoms with Crippen molar-refractivity contribution in [1.82, 2.24) is 20.0 Å². The van der Waals surface area contributed by atoms with Crippen LogP contribution in [0.15, 0.2) is 0 Å². The van der Waals surface area contributed by atoms with Crippen molar-refractivity contribution < 1.29 is 0 Å². The van der Waals surface area contributed by atoms with Crippen molar-refractivity contribution >= 4 is 11.6 Å². The summed E-state index contributed by atoms with van der Waals surface area (Å²) >= 11 is 6.28. The van der Waals surface area contributed by atoms with Gasteiger partial charge in [-0.15, -0.1) is 0 Å². The van der Waals surface area contributed by atoms with E-state index in [-0.39, 0.29) is 0 Å². The Bertz CT molecular complexity index is 419. The van der Waals surface area contributed by atoms with Crippen molar-refractivity contribution in [3.8, 4) is 0 Å². The lowest BCUT2D eigenvalue weighted by molar-refractivity contribution is 0.146. The molecule has 0 spiro atoms. The average molecular weight is 271 g/mol. The maximum atomic E-state index is 6.28. The van der Waals surface area contributed by atoms with Crippen LogP contribution in [0.1, 0.15) is 31.0 Å². The Labute approximate surface area is 114 Å². The third-order valence-electron chi connectivity index (χ3n) is 4.21. The predicted octanol–water partition coefficient (Wildman–Crippen LogP) is 1.96. The summed E-state index contributed by atoms with van der Waals surface area (Å²) in [5.74, 6) is 0. The summed E-state index contributed by atoms with van der Waals surface area (Å²) in [6, 6.07) is 0. The molecule has 0 aromatic carbocycles. The van der Waals surface area contributed by atoms with Crippen LogP contribution in [0.4, 0.5) is 0 Å². The molecule has 4 nitrogen and oxygen atoms in total. The molecule has 0 atom stereocenters. The van der Waals surface area contributed by atoms with Gasteiger partial charge in [-0.05, 0) is 33.7 Å². The average Bonchev–Trinajstić information content (AvgIpc) is 2.59. The van der Waals surface area contributed by atoms with Crippen LogP contribution in [0.2, 0.25) is 5.15 Å². The zero-order valence-corrected chi connectivity index (χ0v) is 12.5. The van der Waals surface area contributed by atoms with Gasteiger partial charge in [-0.2, -0.15) is 5.10 Å². The fourth-order valence-corrected chi connectivity index (χ4v) is 2.77. The van der Waals surface area contributed by atoms with Crippen molar-refractivity contribution in [2.45, 2.75) is 38.8 Å². The smallest absolute Gasteiger partial charge is 0.131 e. The van der Waals surface area contributed by atoms with Crippen LogP contribution < -0.4 is 5.32 Å². The van der Waals surface area contributed by atoms with E-state index in [2.05, 4.69) is 29.3 Å². The molecule has 2 heterocycles. The lowest BCUT2D eigenvalue weighted by Gasteiger charge is -2.39. The molecule has 0 unspecified atom stereocenters. The van der Waals surface area contributed by atoms with Gasteiger partial charge in [0.05, 0.1) is 5.69 Å². The maximum absolute atomic E-state index is 6.28. The van der Waals surface area contributed by atoms with Crippen molar-refractivity contribution in [2.24, 2.45) is 7.05 Å². The third-order valence-corrected chi connectivity index (χ3v) is 4.69. The Balaban J connectivity index is 2.00. The molecule has 1 aliphatic rings. The Morgan fingerprint density at radius 1 is 1.39 bits per heavy atom. The topological polar surface area (TPSA) is 33.1 Å². The van der Waals surface area contributed by atoms with Crippen LogP contribution >= 0.6 is 11.6 Å². The van der Waals surface area contributed by atoms with E-state index < -0.39 is 0 Å². The first-order chi connectivity index (χ1) is 8.45. The summed E-state index contributed by atoms with van der Waals surface area (Å²) in [5.41, 5.74) is 2.52. The van der Waals surface area contributed by atoms with Gasteiger partial charge < -0.3 is 5.32 Å². The van der Waals surface area contributed by atoms with Crippen LogP contribution in [0.5, 0.6) is 0 Å². The highest BCUT2D eigenvalue weighted by Crippen LogP contribution is 2.25. The molecular weight excluding hydrogens is 248 g/mol.